The number of hydrogen-bond acceptors (Lipinski definition) is 4. The molecule has 0 unspecified atom stereocenters. The summed E-state index contributed by atoms with van der Waals surface area (Å²) in [6.07, 6.45) is 7.30. The van der Waals surface area contributed by atoms with E-state index in [1.165, 1.54) is 5.01 Å². The number of hydrazine groups is 1. The van der Waals surface area contributed by atoms with E-state index in [4.69, 9.17) is 0 Å². The quantitative estimate of drug-likeness (QED) is 0.795. The van der Waals surface area contributed by atoms with E-state index < -0.39 is 0 Å². The molecule has 100 valence electrons. The van der Waals surface area contributed by atoms with E-state index in [-0.39, 0.29) is 12.3 Å². The van der Waals surface area contributed by atoms with Crippen molar-refractivity contribution in [3.05, 3.63) is 48.3 Å². The SMILES string of the molecule is CN(NCc1cccnc1)C(=O)Cc1cn(C)cn1. The van der Waals surface area contributed by atoms with Crippen molar-refractivity contribution in [2.75, 3.05) is 7.05 Å². The lowest BCUT2D eigenvalue weighted by molar-refractivity contribution is -0.132. The van der Waals surface area contributed by atoms with E-state index in [2.05, 4.69) is 15.4 Å². The molecule has 19 heavy (non-hydrogen) atoms. The number of hydrogen-bond donors (Lipinski definition) is 1. The van der Waals surface area contributed by atoms with Crippen molar-refractivity contribution in [3.63, 3.8) is 0 Å². The van der Waals surface area contributed by atoms with Crippen molar-refractivity contribution in [2.45, 2.75) is 13.0 Å². The molecule has 0 fully saturated rings. The fourth-order valence-corrected chi connectivity index (χ4v) is 1.63. The molecule has 0 aromatic carbocycles. The highest BCUT2D eigenvalue weighted by atomic mass is 16.2. The van der Waals surface area contributed by atoms with Crippen LogP contribution in [0.4, 0.5) is 0 Å². The van der Waals surface area contributed by atoms with Crippen molar-refractivity contribution < 1.29 is 4.79 Å². The number of carbonyl (C=O) groups is 1. The summed E-state index contributed by atoms with van der Waals surface area (Å²) < 4.78 is 1.83. The largest absolute Gasteiger partial charge is 0.340 e. The fraction of sp³-hybridized carbons (Fsp3) is 0.308. The van der Waals surface area contributed by atoms with Gasteiger partial charge in [0.2, 0.25) is 5.91 Å². The average Bonchev–Trinajstić information content (AvgIpc) is 2.82. The summed E-state index contributed by atoms with van der Waals surface area (Å²) in [5.74, 6) is -0.0254. The fourth-order valence-electron chi connectivity index (χ4n) is 1.63. The van der Waals surface area contributed by atoms with Gasteiger partial charge in [-0.05, 0) is 11.6 Å². The van der Waals surface area contributed by atoms with Gasteiger partial charge in [-0.15, -0.1) is 0 Å². The smallest absolute Gasteiger partial charge is 0.242 e. The van der Waals surface area contributed by atoms with Gasteiger partial charge in [0, 0.05) is 39.2 Å². The van der Waals surface area contributed by atoms with Crippen LogP contribution in [0.25, 0.3) is 0 Å². The van der Waals surface area contributed by atoms with Crippen LogP contribution < -0.4 is 5.43 Å². The van der Waals surface area contributed by atoms with E-state index in [0.717, 1.165) is 11.3 Å². The number of nitrogens with one attached hydrogen (secondary N) is 1. The molecule has 6 nitrogen and oxygen atoms in total. The van der Waals surface area contributed by atoms with Gasteiger partial charge in [0.1, 0.15) is 0 Å². The van der Waals surface area contributed by atoms with Gasteiger partial charge >= 0.3 is 0 Å². The monoisotopic (exact) mass is 259 g/mol. The first-order valence-corrected chi connectivity index (χ1v) is 6.01. The highest BCUT2D eigenvalue weighted by Gasteiger charge is 2.10. The number of aromatic nitrogens is 3. The molecule has 2 aromatic rings. The zero-order valence-corrected chi connectivity index (χ0v) is 11.1. The summed E-state index contributed by atoms with van der Waals surface area (Å²) in [7, 11) is 3.59. The molecule has 0 radical (unpaired) electrons. The Balaban J connectivity index is 1.82. The molecule has 2 heterocycles. The van der Waals surface area contributed by atoms with Crippen LogP contribution in [-0.4, -0.2) is 32.5 Å². The maximum Gasteiger partial charge on any atom is 0.242 e. The molecule has 1 N–H and O–H groups in total. The molecule has 0 atom stereocenters. The third kappa shape index (κ3) is 3.89. The minimum absolute atomic E-state index is 0.0254. The number of pyridine rings is 1. The van der Waals surface area contributed by atoms with Gasteiger partial charge in [0.05, 0.1) is 18.4 Å². The average molecular weight is 259 g/mol. The number of carbonyl (C=O) groups excluding carboxylic acids is 1. The van der Waals surface area contributed by atoms with Gasteiger partial charge in [-0.2, -0.15) is 0 Å². The Morgan fingerprint density at radius 2 is 2.37 bits per heavy atom. The van der Waals surface area contributed by atoms with Crippen molar-refractivity contribution in [2.24, 2.45) is 7.05 Å². The first-order chi connectivity index (χ1) is 9.15. The third-order valence-electron chi connectivity index (χ3n) is 2.71. The summed E-state index contributed by atoms with van der Waals surface area (Å²) >= 11 is 0. The second-order valence-corrected chi connectivity index (χ2v) is 4.36. The molecular formula is C13H17N5O. The molecule has 0 bridgehead atoms. The van der Waals surface area contributed by atoms with Crippen LogP contribution in [0, 0.1) is 0 Å². The normalized spacial score (nSPS) is 10.4. The molecule has 0 spiro atoms. The van der Waals surface area contributed by atoms with Gasteiger partial charge in [0.15, 0.2) is 0 Å². The Hall–Kier alpha value is -2.21. The lowest BCUT2D eigenvalue weighted by atomic mass is 10.3. The zero-order valence-electron chi connectivity index (χ0n) is 11.1. The van der Waals surface area contributed by atoms with Gasteiger partial charge in [-0.3, -0.25) is 14.8 Å². The maximum absolute atomic E-state index is 11.9. The zero-order chi connectivity index (χ0) is 13.7. The third-order valence-corrected chi connectivity index (χ3v) is 2.71. The van der Waals surface area contributed by atoms with Crippen molar-refractivity contribution in [1.29, 1.82) is 0 Å². The second kappa shape index (κ2) is 6.10. The Kier molecular flexibility index (Phi) is 4.25. The summed E-state index contributed by atoms with van der Waals surface area (Å²) in [6.45, 7) is 0.568. The predicted molar refractivity (Wildman–Crippen MR) is 70.8 cm³/mol. The summed E-state index contributed by atoms with van der Waals surface area (Å²) in [5, 5.41) is 1.49. The number of aryl methyl sites for hydroxylation is 1. The lowest BCUT2D eigenvalue weighted by Gasteiger charge is -2.17. The predicted octanol–water partition coefficient (Wildman–Crippen LogP) is 0.521. The lowest BCUT2D eigenvalue weighted by Crippen LogP contribution is -2.40. The summed E-state index contributed by atoms with van der Waals surface area (Å²) in [6, 6.07) is 3.82. The van der Waals surface area contributed by atoms with Crippen LogP contribution >= 0.6 is 0 Å². The van der Waals surface area contributed by atoms with Crippen LogP contribution in [0.1, 0.15) is 11.3 Å². The molecule has 0 saturated carbocycles. The van der Waals surface area contributed by atoms with Crippen molar-refractivity contribution in [3.8, 4) is 0 Å². The highest BCUT2D eigenvalue weighted by Crippen LogP contribution is 1.99. The summed E-state index contributed by atoms with van der Waals surface area (Å²) in [5.41, 5.74) is 4.83. The standard InChI is InChI=1S/C13H17N5O/c1-17-9-12(15-10-17)6-13(19)18(2)16-8-11-4-3-5-14-7-11/h3-5,7,9-10,16H,6,8H2,1-2H3. The van der Waals surface area contributed by atoms with E-state index >= 15 is 0 Å². The van der Waals surface area contributed by atoms with E-state index in [1.807, 2.05) is 29.9 Å². The van der Waals surface area contributed by atoms with E-state index in [9.17, 15) is 4.79 Å². The molecule has 1 amide bonds. The number of amides is 1. The maximum atomic E-state index is 11.9. The summed E-state index contributed by atoms with van der Waals surface area (Å²) in [4.78, 5) is 20.1. The van der Waals surface area contributed by atoms with Gasteiger partial charge < -0.3 is 4.57 Å². The molecule has 0 aliphatic rings. The van der Waals surface area contributed by atoms with Crippen LogP contribution in [0.15, 0.2) is 37.1 Å². The van der Waals surface area contributed by atoms with E-state index in [0.29, 0.717) is 6.54 Å². The molecule has 0 aliphatic heterocycles. The Morgan fingerprint density at radius 3 is 3.00 bits per heavy atom. The van der Waals surface area contributed by atoms with Gasteiger partial charge in [-0.25, -0.2) is 10.4 Å². The van der Waals surface area contributed by atoms with E-state index in [1.54, 1.807) is 25.8 Å². The first-order valence-electron chi connectivity index (χ1n) is 6.01. The number of nitrogens with zero attached hydrogens (tertiary/aromatic N) is 4. The number of imidazole rings is 1. The minimum atomic E-state index is -0.0254. The van der Waals surface area contributed by atoms with Gasteiger partial charge in [0.25, 0.3) is 0 Å². The molecule has 2 rings (SSSR count). The van der Waals surface area contributed by atoms with Gasteiger partial charge in [-0.1, -0.05) is 6.07 Å². The first kappa shape index (κ1) is 13.2. The molecule has 0 saturated heterocycles. The molecule has 6 heteroatoms. The Bertz CT molecular complexity index is 537. The van der Waals surface area contributed by atoms with Crippen molar-refractivity contribution >= 4 is 5.91 Å². The molecular weight excluding hydrogens is 242 g/mol. The molecule has 0 aliphatic carbocycles. The van der Waals surface area contributed by atoms with Crippen molar-refractivity contribution in [1.82, 2.24) is 25.0 Å². The van der Waals surface area contributed by atoms with Crippen LogP contribution in [0.5, 0.6) is 0 Å². The highest BCUT2D eigenvalue weighted by molar-refractivity contribution is 5.77. The van der Waals surface area contributed by atoms with Crippen LogP contribution in [-0.2, 0) is 24.8 Å². The number of rotatable bonds is 5. The second-order valence-electron chi connectivity index (χ2n) is 4.36. The molecule has 2 aromatic heterocycles. The number of likely N-dealkylation sites (N-methyl/N-ethyl adjacent to an activating group) is 1. The minimum Gasteiger partial charge on any atom is -0.340 e. The van der Waals surface area contributed by atoms with Crippen LogP contribution in [0.3, 0.4) is 0 Å². The Labute approximate surface area is 112 Å². The van der Waals surface area contributed by atoms with Crippen LogP contribution in [0.2, 0.25) is 0 Å². The Morgan fingerprint density at radius 1 is 1.53 bits per heavy atom. The topological polar surface area (TPSA) is 63.1 Å².